The lowest BCUT2D eigenvalue weighted by Gasteiger charge is -2.16. The highest BCUT2D eigenvalue weighted by molar-refractivity contribution is 6.30. The minimum atomic E-state index is -1.23. The van der Waals surface area contributed by atoms with Crippen molar-refractivity contribution in [2.75, 3.05) is 0 Å². The fourth-order valence-electron chi connectivity index (χ4n) is 2.14. The van der Waals surface area contributed by atoms with Gasteiger partial charge in [-0.1, -0.05) is 11.6 Å². The summed E-state index contributed by atoms with van der Waals surface area (Å²) < 4.78 is 11.2. The van der Waals surface area contributed by atoms with Gasteiger partial charge in [0.15, 0.2) is 11.5 Å². The molecule has 0 amide bonds. The second kappa shape index (κ2) is 5.59. The van der Waals surface area contributed by atoms with Crippen LogP contribution in [0.2, 0.25) is 5.02 Å². The standard InChI is InChI=1S/C17H14ClNO4/c1-17(2,16(20)21)14-13(12-4-3-9-22-12)23-15(19-14)10-5-7-11(18)8-6-10/h3-9H,1-2H3,(H,20,21). The lowest BCUT2D eigenvalue weighted by Crippen LogP contribution is -2.29. The topological polar surface area (TPSA) is 76.5 Å². The molecular weight excluding hydrogens is 318 g/mol. The van der Waals surface area contributed by atoms with Gasteiger partial charge in [-0.25, -0.2) is 4.98 Å². The summed E-state index contributed by atoms with van der Waals surface area (Å²) in [7, 11) is 0. The number of hydrogen-bond donors (Lipinski definition) is 1. The number of benzene rings is 1. The summed E-state index contributed by atoms with van der Waals surface area (Å²) in [6, 6.07) is 10.4. The van der Waals surface area contributed by atoms with Gasteiger partial charge in [0.2, 0.25) is 5.89 Å². The Labute approximate surface area is 137 Å². The molecule has 0 aliphatic heterocycles. The van der Waals surface area contributed by atoms with E-state index in [2.05, 4.69) is 4.98 Å². The number of aromatic nitrogens is 1. The Morgan fingerprint density at radius 1 is 1.22 bits per heavy atom. The highest BCUT2D eigenvalue weighted by Crippen LogP contribution is 2.37. The zero-order valence-electron chi connectivity index (χ0n) is 12.5. The Bertz CT molecular complexity index is 832. The summed E-state index contributed by atoms with van der Waals surface area (Å²) >= 11 is 5.89. The summed E-state index contributed by atoms with van der Waals surface area (Å²) in [6.45, 7) is 3.15. The minimum absolute atomic E-state index is 0.310. The Balaban J connectivity index is 2.18. The van der Waals surface area contributed by atoms with Crippen LogP contribution in [0.3, 0.4) is 0 Å². The monoisotopic (exact) mass is 331 g/mol. The molecule has 118 valence electrons. The molecule has 23 heavy (non-hydrogen) atoms. The molecule has 0 aliphatic rings. The number of oxazole rings is 1. The molecule has 3 rings (SSSR count). The fourth-order valence-corrected chi connectivity index (χ4v) is 2.26. The Kier molecular flexibility index (Phi) is 3.74. The maximum Gasteiger partial charge on any atom is 0.315 e. The maximum absolute atomic E-state index is 11.6. The molecule has 0 bridgehead atoms. The summed E-state index contributed by atoms with van der Waals surface area (Å²) in [5, 5.41) is 10.1. The van der Waals surface area contributed by atoms with E-state index in [1.807, 2.05) is 0 Å². The van der Waals surface area contributed by atoms with Crippen molar-refractivity contribution >= 4 is 17.6 Å². The summed E-state index contributed by atoms with van der Waals surface area (Å²) in [6.07, 6.45) is 1.50. The van der Waals surface area contributed by atoms with Crippen LogP contribution in [0.15, 0.2) is 51.5 Å². The highest BCUT2D eigenvalue weighted by atomic mass is 35.5. The number of aliphatic carboxylic acids is 1. The van der Waals surface area contributed by atoms with Gasteiger partial charge in [-0.05, 0) is 50.2 Å². The zero-order valence-corrected chi connectivity index (χ0v) is 13.3. The first-order chi connectivity index (χ1) is 10.9. The molecule has 5 nitrogen and oxygen atoms in total. The lowest BCUT2D eigenvalue weighted by molar-refractivity contribution is -0.142. The smallest absolute Gasteiger partial charge is 0.315 e. The van der Waals surface area contributed by atoms with E-state index in [9.17, 15) is 9.90 Å². The molecule has 0 fully saturated rings. The Morgan fingerprint density at radius 2 is 1.91 bits per heavy atom. The van der Waals surface area contributed by atoms with Crippen molar-refractivity contribution in [3.63, 3.8) is 0 Å². The second-order valence-corrected chi connectivity index (χ2v) is 6.05. The average molecular weight is 332 g/mol. The van der Waals surface area contributed by atoms with E-state index in [1.54, 1.807) is 50.2 Å². The molecule has 0 radical (unpaired) electrons. The van der Waals surface area contributed by atoms with Crippen LogP contribution in [0.25, 0.3) is 23.0 Å². The van der Waals surface area contributed by atoms with Gasteiger partial charge in [-0.2, -0.15) is 0 Å². The zero-order chi connectivity index (χ0) is 16.6. The molecule has 0 saturated heterocycles. The van der Waals surface area contributed by atoms with E-state index in [1.165, 1.54) is 6.26 Å². The van der Waals surface area contributed by atoms with Crippen LogP contribution < -0.4 is 0 Å². The van der Waals surface area contributed by atoms with E-state index < -0.39 is 11.4 Å². The molecule has 1 N–H and O–H groups in total. The summed E-state index contributed by atoms with van der Waals surface area (Å²) in [4.78, 5) is 16.0. The van der Waals surface area contributed by atoms with E-state index in [0.29, 0.717) is 33.7 Å². The molecule has 1 aromatic carbocycles. The van der Waals surface area contributed by atoms with Crippen LogP contribution in [0.1, 0.15) is 19.5 Å². The van der Waals surface area contributed by atoms with Crippen LogP contribution >= 0.6 is 11.6 Å². The average Bonchev–Trinajstić information content (AvgIpc) is 3.17. The Hall–Kier alpha value is -2.53. The maximum atomic E-state index is 11.6. The number of hydrogen-bond acceptors (Lipinski definition) is 4. The molecule has 2 aromatic heterocycles. The molecule has 0 atom stereocenters. The van der Waals surface area contributed by atoms with E-state index in [0.717, 1.165) is 0 Å². The van der Waals surface area contributed by atoms with E-state index >= 15 is 0 Å². The van der Waals surface area contributed by atoms with Crippen molar-refractivity contribution in [3.05, 3.63) is 53.4 Å². The van der Waals surface area contributed by atoms with E-state index in [4.69, 9.17) is 20.4 Å². The third-order valence-corrected chi connectivity index (χ3v) is 3.84. The van der Waals surface area contributed by atoms with Crippen LogP contribution in [-0.2, 0) is 10.2 Å². The Morgan fingerprint density at radius 3 is 2.48 bits per heavy atom. The number of carboxylic acid groups (broad SMARTS) is 1. The predicted octanol–water partition coefficient (Wildman–Crippen LogP) is 4.62. The number of halogens is 1. The molecule has 0 saturated carbocycles. The normalized spacial score (nSPS) is 11.6. The number of furan rings is 1. The van der Waals surface area contributed by atoms with Crippen molar-refractivity contribution in [2.45, 2.75) is 19.3 Å². The lowest BCUT2D eigenvalue weighted by atomic mass is 9.88. The first-order valence-corrected chi connectivity index (χ1v) is 7.32. The van der Waals surface area contributed by atoms with Crippen LogP contribution in [0.4, 0.5) is 0 Å². The van der Waals surface area contributed by atoms with E-state index in [-0.39, 0.29) is 0 Å². The number of rotatable bonds is 4. The van der Waals surface area contributed by atoms with Gasteiger partial charge in [-0.15, -0.1) is 0 Å². The minimum Gasteiger partial charge on any atom is -0.481 e. The number of carboxylic acids is 1. The second-order valence-electron chi connectivity index (χ2n) is 5.61. The van der Waals surface area contributed by atoms with Crippen molar-refractivity contribution in [1.29, 1.82) is 0 Å². The molecule has 3 aromatic rings. The SMILES string of the molecule is CC(C)(C(=O)O)c1nc(-c2ccc(Cl)cc2)oc1-c1ccco1. The summed E-state index contributed by atoms with van der Waals surface area (Å²) in [5.74, 6) is 0.0630. The van der Waals surface area contributed by atoms with Gasteiger partial charge in [0.1, 0.15) is 11.1 Å². The van der Waals surface area contributed by atoms with Crippen molar-refractivity contribution in [1.82, 2.24) is 4.98 Å². The van der Waals surface area contributed by atoms with Crippen molar-refractivity contribution in [2.24, 2.45) is 0 Å². The number of carbonyl (C=O) groups is 1. The van der Waals surface area contributed by atoms with Crippen LogP contribution in [-0.4, -0.2) is 16.1 Å². The molecule has 0 unspecified atom stereocenters. The fraction of sp³-hybridized carbons (Fsp3) is 0.176. The van der Waals surface area contributed by atoms with Gasteiger partial charge in [0, 0.05) is 10.6 Å². The third-order valence-electron chi connectivity index (χ3n) is 3.59. The van der Waals surface area contributed by atoms with Gasteiger partial charge in [0.05, 0.1) is 6.26 Å². The molecule has 0 aliphatic carbocycles. The molecule has 6 heteroatoms. The summed E-state index contributed by atoms with van der Waals surface area (Å²) in [5.41, 5.74) is -0.212. The molecular formula is C17H14ClNO4. The molecule has 0 spiro atoms. The first-order valence-electron chi connectivity index (χ1n) is 6.94. The highest BCUT2D eigenvalue weighted by Gasteiger charge is 2.37. The first kappa shape index (κ1) is 15.4. The van der Waals surface area contributed by atoms with Crippen molar-refractivity contribution in [3.8, 4) is 23.0 Å². The number of nitrogens with zero attached hydrogens (tertiary/aromatic N) is 1. The van der Waals surface area contributed by atoms with Crippen LogP contribution in [0, 0.1) is 0 Å². The predicted molar refractivity (Wildman–Crippen MR) is 85.3 cm³/mol. The van der Waals surface area contributed by atoms with Gasteiger partial charge in [-0.3, -0.25) is 4.79 Å². The van der Waals surface area contributed by atoms with Crippen LogP contribution in [0.5, 0.6) is 0 Å². The van der Waals surface area contributed by atoms with Crippen molar-refractivity contribution < 1.29 is 18.7 Å². The third kappa shape index (κ3) is 2.75. The van der Waals surface area contributed by atoms with Gasteiger partial charge >= 0.3 is 5.97 Å². The van der Waals surface area contributed by atoms with Gasteiger partial charge < -0.3 is 13.9 Å². The molecule has 2 heterocycles. The van der Waals surface area contributed by atoms with Gasteiger partial charge in [0.25, 0.3) is 0 Å². The largest absolute Gasteiger partial charge is 0.481 e. The quantitative estimate of drug-likeness (QED) is 0.755.